The van der Waals surface area contributed by atoms with E-state index in [1.165, 1.54) is 28.1 Å². The number of nitrogens with two attached hydrogens (primary N) is 1. The number of amides is 1. The molecule has 0 bridgehead atoms. The molecule has 11 N–H and O–H groups in total. The number of rotatable bonds is 14. The molecular weight excluding hydrogens is 893 g/mol. The maximum atomic E-state index is 13.4. The van der Waals surface area contributed by atoms with Gasteiger partial charge in [-0.05, 0) is 85.6 Å². The van der Waals surface area contributed by atoms with Gasteiger partial charge in [-0.25, -0.2) is 23.4 Å². The highest BCUT2D eigenvalue weighted by atomic mass is 31.2. The molecule has 362 valence electrons. The quantitative estimate of drug-likeness (QED) is 0.0847. The minimum atomic E-state index is -5.62. The minimum absolute atomic E-state index is 0.139. The molecule has 24 nitrogen and oxygen atoms in total. The van der Waals surface area contributed by atoms with Crippen LogP contribution in [0.5, 0.6) is 5.75 Å². The average Bonchev–Trinajstić information content (AvgIpc) is 3.93. The van der Waals surface area contributed by atoms with Gasteiger partial charge in [-0.2, -0.15) is 4.98 Å². The lowest BCUT2D eigenvalue weighted by Gasteiger charge is -2.52. The number of benzene rings is 1. The van der Waals surface area contributed by atoms with E-state index in [2.05, 4.69) is 39.7 Å². The second-order valence-corrected chi connectivity index (χ2v) is 19.7. The van der Waals surface area contributed by atoms with Crippen LogP contribution >= 0.6 is 7.82 Å². The number of nitrogen functional groups attached to an aromatic ring is 1. The Morgan fingerprint density at radius 3 is 2.58 bits per heavy atom. The van der Waals surface area contributed by atoms with Crippen LogP contribution in [0.2, 0.25) is 0 Å². The number of hydrogen-bond donors (Lipinski definition) is 10. The molecular formula is C41H56N7O17P. The van der Waals surface area contributed by atoms with Crippen molar-refractivity contribution in [3.8, 4) is 5.75 Å². The number of hydrogen-bond acceptors (Lipinski definition) is 19. The Morgan fingerprint density at radius 2 is 1.88 bits per heavy atom. The molecule has 1 aromatic carbocycles. The number of carbonyl (C=O) groups is 2. The number of aliphatic hydroxyl groups excluding tert-OH is 5. The maximum absolute atomic E-state index is 13.4. The summed E-state index contributed by atoms with van der Waals surface area (Å²) in [7, 11) is -3.97. The van der Waals surface area contributed by atoms with E-state index in [1.54, 1.807) is 7.11 Å². The smallest absolute Gasteiger partial charge is 0.475 e. The van der Waals surface area contributed by atoms with Gasteiger partial charge in [0.25, 0.3) is 5.79 Å². The predicted molar refractivity (Wildman–Crippen MR) is 223 cm³/mol. The molecule has 66 heavy (non-hydrogen) atoms. The van der Waals surface area contributed by atoms with Crippen LogP contribution in [0.4, 0.5) is 5.82 Å². The number of anilines is 1. The van der Waals surface area contributed by atoms with Crippen molar-refractivity contribution in [1.29, 1.82) is 0 Å². The lowest BCUT2D eigenvalue weighted by Crippen LogP contribution is -2.67. The van der Waals surface area contributed by atoms with Crippen LogP contribution in [0, 0.1) is 17.3 Å². The second kappa shape index (κ2) is 17.9. The number of carbonyl (C=O) groups excluding carboxylic acids is 1. The first-order valence-electron chi connectivity index (χ1n) is 21.7. The molecule has 5 aliphatic rings. The summed E-state index contributed by atoms with van der Waals surface area (Å²) in [5.41, 5.74) is 5.49. The first-order chi connectivity index (χ1) is 31.1. The van der Waals surface area contributed by atoms with E-state index in [0.29, 0.717) is 24.7 Å². The number of aryl methyl sites for hydroxylation is 1. The molecule has 2 aromatic heterocycles. The first kappa shape index (κ1) is 48.0. The fraction of sp³-hybridized carbons (Fsp3) is 0.659. The Morgan fingerprint density at radius 1 is 1.12 bits per heavy atom. The first-order valence-corrected chi connectivity index (χ1v) is 23.2. The Balaban J connectivity index is 0.954. The molecule has 0 radical (unpaired) electrons. The lowest BCUT2D eigenvalue weighted by molar-refractivity contribution is -0.288. The summed E-state index contributed by atoms with van der Waals surface area (Å²) in [6, 6.07) is 5.86. The van der Waals surface area contributed by atoms with Crippen molar-refractivity contribution in [3.05, 3.63) is 64.0 Å². The van der Waals surface area contributed by atoms with E-state index in [-0.39, 0.29) is 17.4 Å². The third-order valence-corrected chi connectivity index (χ3v) is 15.5. The van der Waals surface area contributed by atoms with Gasteiger partial charge in [0.2, 0.25) is 5.91 Å². The zero-order valence-electron chi connectivity index (χ0n) is 36.3. The molecule has 2 saturated heterocycles. The SMILES string of the molecule is COc1ccc2c(c1)CC[C@@H]1[C@@H]2CC[C@@]2(C)[C@H]1CC[C@@]2(O)c1cn(C[C@@H](O)[C@@H](O)[C@@H]2O[C@](OP(=O)(O)OC[C@H]3O[C@@H](n4ccc(N)nc4=O)[C@H](O)[C@@H]3O)(C(=O)O)C[C@H](O)[C@H]2NC(C)=O)nn1. The molecule has 2 saturated carbocycles. The predicted octanol–water partition coefficient (Wildman–Crippen LogP) is -1.22. The molecule has 3 aliphatic carbocycles. The van der Waals surface area contributed by atoms with E-state index in [0.717, 1.165) is 49.1 Å². The Kier molecular flexibility index (Phi) is 13.0. The number of ether oxygens (including phenoxy) is 3. The van der Waals surface area contributed by atoms with Gasteiger partial charge >= 0.3 is 19.5 Å². The van der Waals surface area contributed by atoms with Crippen LogP contribution in [-0.4, -0.2) is 145 Å². The van der Waals surface area contributed by atoms with Gasteiger partial charge in [0.05, 0.1) is 38.6 Å². The van der Waals surface area contributed by atoms with Gasteiger partial charge in [-0.15, -0.1) is 5.10 Å². The van der Waals surface area contributed by atoms with Crippen LogP contribution in [0.15, 0.2) is 41.5 Å². The topological polar surface area (TPSA) is 363 Å². The number of methoxy groups -OCH3 is 1. The average molecular weight is 950 g/mol. The number of aliphatic hydroxyl groups is 6. The Labute approximate surface area is 376 Å². The van der Waals surface area contributed by atoms with Gasteiger partial charge in [-0.1, -0.05) is 18.2 Å². The molecule has 4 fully saturated rings. The highest BCUT2D eigenvalue weighted by Gasteiger charge is 2.64. The molecule has 25 heteroatoms. The van der Waals surface area contributed by atoms with Crippen molar-refractivity contribution in [2.45, 2.75) is 138 Å². The number of aliphatic carboxylic acids is 1. The number of phosphoric ester groups is 1. The molecule has 4 heterocycles. The molecule has 1 unspecified atom stereocenters. The molecule has 1 amide bonds. The number of carboxylic acids is 1. The van der Waals surface area contributed by atoms with Crippen molar-refractivity contribution in [1.82, 2.24) is 29.9 Å². The summed E-state index contributed by atoms with van der Waals surface area (Å²) in [6.45, 7) is 1.60. The summed E-state index contributed by atoms with van der Waals surface area (Å²) >= 11 is 0. The van der Waals surface area contributed by atoms with E-state index in [4.69, 9.17) is 29.0 Å². The summed E-state index contributed by atoms with van der Waals surface area (Å²) < 4.78 is 42.0. The van der Waals surface area contributed by atoms with E-state index >= 15 is 0 Å². The van der Waals surface area contributed by atoms with Crippen LogP contribution in [-0.2, 0) is 51.2 Å². The van der Waals surface area contributed by atoms with Crippen LogP contribution in [0.3, 0.4) is 0 Å². The van der Waals surface area contributed by atoms with Crippen LogP contribution < -0.4 is 21.5 Å². The van der Waals surface area contributed by atoms with E-state index in [1.807, 2.05) is 6.07 Å². The van der Waals surface area contributed by atoms with E-state index < -0.39 is 117 Å². The number of nitrogens with one attached hydrogen (secondary N) is 1. The molecule has 16 atom stereocenters. The number of fused-ring (bicyclic) bond motifs is 5. The summed E-state index contributed by atoms with van der Waals surface area (Å²) in [6.07, 6.45) is -8.71. The number of aromatic nitrogens is 5. The molecule has 8 rings (SSSR count). The summed E-state index contributed by atoms with van der Waals surface area (Å²) in [5, 5.41) is 89.0. The zero-order valence-corrected chi connectivity index (χ0v) is 37.2. The van der Waals surface area contributed by atoms with Gasteiger partial charge in [0.1, 0.15) is 59.5 Å². The zero-order chi connectivity index (χ0) is 47.7. The number of phosphoric acid groups is 1. The monoisotopic (exact) mass is 949 g/mol. The minimum Gasteiger partial charge on any atom is -0.497 e. The lowest BCUT2D eigenvalue weighted by atomic mass is 9.53. The van der Waals surface area contributed by atoms with Crippen molar-refractivity contribution >= 4 is 25.5 Å². The van der Waals surface area contributed by atoms with Crippen molar-refractivity contribution in [3.63, 3.8) is 0 Å². The maximum Gasteiger partial charge on any atom is 0.475 e. The van der Waals surface area contributed by atoms with Gasteiger partial charge in [0.15, 0.2) is 6.23 Å². The summed E-state index contributed by atoms with van der Waals surface area (Å²) in [5.74, 6) is -4.57. The van der Waals surface area contributed by atoms with Crippen LogP contribution in [0.1, 0.15) is 81.3 Å². The fourth-order valence-electron chi connectivity index (χ4n) is 11.2. The van der Waals surface area contributed by atoms with Crippen molar-refractivity contribution < 1.29 is 78.1 Å². The Bertz CT molecular complexity index is 2430. The van der Waals surface area contributed by atoms with Crippen molar-refractivity contribution in [2.75, 3.05) is 19.5 Å². The highest BCUT2D eigenvalue weighted by molar-refractivity contribution is 7.47. The number of nitrogens with zero attached hydrogens (tertiary/aromatic N) is 5. The third kappa shape index (κ3) is 8.55. The molecule has 3 aromatic rings. The standard InChI is InChI=1S/C41H56N7O17P/c1-19(49)43-31-26(50)15-41(37(55)56,65-66(59,60)62-18-28-33(53)34(54)36(63-28)48-13-10-30(42)44-38(48)57)64-35(31)32(52)27(51)16-47-17-29(45-46-47)40(58)12-9-25-24-6-4-20-14-21(61-3)5-7-22(20)23(24)8-11-39(25,40)2/h5,7,10,13-14,17,23-28,31-36,50-54,58H,4,6,8-9,11-12,15-16,18H2,1-3H3,(H,43,49)(H,55,56)(H,59,60)(H2,42,44,57)/t23-,24-,25+,26+,27-,28-,31-,32-,33-,34-,35-,36-,39+,40-,41-/m1/s1. The van der Waals surface area contributed by atoms with E-state index in [9.17, 15) is 59.6 Å². The Hall–Kier alpha value is -4.43. The van der Waals surface area contributed by atoms with Crippen molar-refractivity contribution in [2.24, 2.45) is 17.3 Å². The van der Waals surface area contributed by atoms with Crippen LogP contribution in [0.25, 0.3) is 0 Å². The third-order valence-electron chi connectivity index (χ3n) is 14.5. The van der Waals surface area contributed by atoms with Gasteiger partial charge < -0.3 is 65.9 Å². The second-order valence-electron chi connectivity index (χ2n) is 18.3. The highest BCUT2D eigenvalue weighted by Crippen LogP contribution is 2.67. The molecule has 0 spiro atoms. The number of carboxylic acid groups (broad SMARTS) is 1. The van der Waals surface area contributed by atoms with Gasteiger partial charge in [-0.3, -0.25) is 13.9 Å². The normalized spacial score (nSPS) is 36.9. The summed E-state index contributed by atoms with van der Waals surface area (Å²) in [4.78, 5) is 51.7. The fourth-order valence-corrected chi connectivity index (χ4v) is 12.2. The largest absolute Gasteiger partial charge is 0.497 e. The van der Waals surface area contributed by atoms with Gasteiger partial charge in [0, 0.05) is 25.0 Å². The molecule has 2 aliphatic heterocycles.